The molecule has 1 atom stereocenters. The third-order valence-electron chi connectivity index (χ3n) is 5.81. The van der Waals surface area contributed by atoms with Gasteiger partial charge >= 0.3 is 0 Å². The van der Waals surface area contributed by atoms with Crippen molar-refractivity contribution in [2.24, 2.45) is 5.92 Å². The predicted molar refractivity (Wildman–Crippen MR) is 144 cm³/mol. The molecule has 194 valence electrons. The Morgan fingerprint density at radius 3 is 2.78 bits per heavy atom. The van der Waals surface area contributed by atoms with E-state index in [1.54, 1.807) is 16.9 Å². The summed E-state index contributed by atoms with van der Waals surface area (Å²) in [5.74, 6) is 0.624. The van der Waals surface area contributed by atoms with E-state index in [2.05, 4.69) is 20.7 Å². The van der Waals surface area contributed by atoms with Crippen LogP contribution in [0.3, 0.4) is 0 Å². The summed E-state index contributed by atoms with van der Waals surface area (Å²) in [5, 5.41) is 10.9. The van der Waals surface area contributed by atoms with Crippen LogP contribution in [0.2, 0.25) is 10.0 Å². The fourth-order valence-corrected chi connectivity index (χ4v) is 4.02. The number of amides is 2. The second kappa shape index (κ2) is 12.3. The Kier molecular flexibility index (Phi) is 8.84. The van der Waals surface area contributed by atoms with Crippen LogP contribution in [0.1, 0.15) is 58.7 Å². The Balaban J connectivity index is 1.33. The van der Waals surface area contributed by atoms with Crippen LogP contribution < -0.4 is 15.4 Å². The van der Waals surface area contributed by atoms with Crippen molar-refractivity contribution in [1.29, 1.82) is 0 Å². The second-order valence-electron chi connectivity index (χ2n) is 8.99. The smallest absolute Gasteiger partial charge is 0.269 e. The van der Waals surface area contributed by atoms with Crippen molar-refractivity contribution >= 4 is 41.1 Å². The number of carbonyl (C=O) groups is 2. The zero-order valence-electron chi connectivity index (χ0n) is 20.7. The van der Waals surface area contributed by atoms with Gasteiger partial charge in [0.1, 0.15) is 16.5 Å². The number of ether oxygens (including phenoxy) is 1. The molecule has 1 aliphatic carbocycles. The van der Waals surface area contributed by atoms with Crippen LogP contribution in [-0.4, -0.2) is 45.8 Å². The zero-order valence-corrected chi connectivity index (χ0v) is 22.2. The first kappa shape index (κ1) is 26.7. The first-order valence-electron chi connectivity index (χ1n) is 12.2. The van der Waals surface area contributed by atoms with Gasteiger partial charge in [-0.1, -0.05) is 41.4 Å². The van der Waals surface area contributed by atoms with Gasteiger partial charge in [0.2, 0.25) is 0 Å². The highest BCUT2D eigenvalue weighted by Gasteiger charge is 2.23. The molecule has 0 unspecified atom stereocenters. The van der Waals surface area contributed by atoms with Gasteiger partial charge in [0.15, 0.2) is 0 Å². The van der Waals surface area contributed by atoms with Crippen molar-refractivity contribution in [3.05, 3.63) is 81.4 Å². The quantitative estimate of drug-likeness (QED) is 0.355. The van der Waals surface area contributed by atoms with Crippen molar-refractivity contribution < 1.29 is 14.3 Å². The maximum Gasteiger partial charge on any atom is 0.269 e. The van der Waals surface area contributed by atoms with Gasteiger partial charge in [-0.3, -0.25) is 19.3 Å². The van der Waals surface area contributed by atoms with Crippen molar-refractivity contribution in [3.63, 3.8) is 0 Å². The molecule has 2 heterocycles. The van der Waals surface area contributed by atoms with Crippen LogP contribution in [0.15, 0.2) is 48.9 Å². The van der Waals surface area contributed by atoms with E-state index in [9.17, 15) is 9.59 Å². The molecule has 3 aromatic rings. The molecule has 2 amide bonds. The molecule has 0 bridgehead atoms. The molecule has 0 aliphatic heterocycles. The molecule has 0 saturated heterocycles. The monoisotopic (exact) mass is 541 g/mol. The molecule has 0 spiro atoms. The Bertz CT molecular complexity index is 1300. The Morgan fingerprint density at radius 1 is 1.22 bits per heavy atom. The van der Waals surface area contributed by atoms with E-state index < -0.39 is 0 Å². The Morgan fingerprint density at radius 2 is 2.03 bits per heavy atom. The summed E-state index contributed by atoms with van der Waals surface area (Å²) >= 11 is 12.9. The SMILES string of the molecule is CCNC(=O)c1cc(C(=O)N[C@@H](C)/C=C/c2cnn(Cc3ccc(OCC4CC4)c(Cl)c3Cl)c2)ccn1. The van der Waals surface area contributed by atoms with E-state index in [0.29, 0.717) is 47.0 Å². The molecule has 8 nitrogen and oxygen atoms in total. The minimum absolute atomic E-state index is 0.201. The molecular formula is C27H29Cl2N5O3. The van der Waals surface area contributed by atoms with E-state index in [4.69, 9.17) is 27.9 Å². The molecule has 4 rings (SSSR count). The first-order chi connectivity index (χ1) is 17.8. The highest BCUT2D eigenvalue weighted by atomic mass is 35.5. The number of hydrogen-bond acceptors (Lipinski definition) is 5. The number of nitrogens with one attached hydrogen (secondary N) is 2. The fourth-order valence-electron chi connectivity index (χ4n) is 3.56. The largest absolute Gasteiger partial charge is 0.492 e. The average molecular weight is 542 g/mol. The average Bonchev–Trinajstić information content (AvgIpc) is 3.62. The van der Waals surface area contributed by atoms with Crippen LogP contribution in [0.5, 0.6) is 5.75 Å². The maximum atomic E-state index is 12.6. The minimum Gasteiger partial charge on any atom is -0.492 e. The molecule has 1 aromatic carbocycles. The fraction of sp³-hybridized carbons (Fsp3) is 0.333. The number of carbonyl (C=O) groups excluding carboxylic acids is 2. The van der Waals surface area contributed by atoms with E-state index >= 15 is 0 Å². The van der Waals surface area contributed by atoms with Crippen molar-refractivity contribution in [3.8, 4) is 5.75 Å². The minimum atomic E-state index is -0.316. The number of rotatable bonds is 11. The summed E-state index contributed by atoms with van der Waals surface area (Å²) in [6.07, 6.45) is 11.2. The van der Waals surface area contributed by atoms with Crippen LogP contribution in [-0.2, 0) is 6.54 Å². The summed E-state index contributed by atoms with van der Waals surface area (Å²) in [6, 6.07) is 6.55. The van der Waals surface area contributed by atoms with E-state index in [1.165, 1.54) is 25.1 Å². The van der Waals surface area contributed by atoms with Crippen molar-refractivity contribution in [1.82, 2.24) is 25.4 Å². The van der Waals surface area contributed by atoms with Gasteiger partial charge in [-0.25, -0.2) is 0 Å². The summed E-state index contributed by atoms with van der Waals surface area (Å²) in [5.41, 5.74) is 2.28. The maximum absolute atomic E-state index is 12.6. The standard InChI is InChI=1S/C27H29Cl2N5O3/c1-3-30-27(36)22-12-20(10-11-31-22)26(35)33-17(2)4-5-19-13-32-34(14-19)15-21-8-9-23(25(29)24(21)28)37-16-18-6-7-18/h4-5,8-14,17-18H,3,6-7,15-16H2,1-2H3,(H,30,36)(H,33,35)/b5-4+/t17-/m0/s1. The lowest BCUT2D eigenvalue weighted by atomic mass is 10.2. The molecule has 10 heteroatoms. The van der Waals surface area contributed by atoms with E-state index in [-0.39, 0.29) is 23.6 Å². The normalized spacial score (nSPS) is 13.9. The number of halogens is 2. The summed E-state index contributed by atoms with van der Waals surface area (Å²) in [4.78, 5) is 28.6. The number of nitrogens with zero attached hydrogens (tertiary/aromatic N) is 3. The molecular weight excluding hydrogens is 513 g/mol. The van der Waals surface area contributed by atoms with Gasteiger partial charge in [-0.05, 0) is 56.4 Å². The van der Waals surface area contributed by atoms with Crippen LogP contribution >= 0.6 is 23.2 Å². The number of benzene rings is 1. The van der Waals surface area contributed by atoms with Gasteiger partial charge in [0, 0.05) is 36.1 Å². The summed E-state index contributed by atoms with van der Waals surface area (Å²) in [7, 11) is 0. The zero-order chi connectivity index (χ0) is 26.4. The first-order valence-corrected chi connectivity index (χ1v) is 12.9. The molecule has 0 radical (unpaired) electrons. The number of pyridine rings is 1. The highest BCUT2D eigenvalue weighted by Crippen LogP contribution is 2.37. The van der Waals surface area contributed by atoms with E-state index in [1.807, 2.05) is 44.3 Å². The molecule has 1 aliphatic rings. The topological polar surface area (TPSA) is 98.1 Å². The van der Waals surface area contributed by atoms with Crippen LogP contribution in [0, 0.1) is 5.92 Å². The van der Waals surface area contributed by atoms with Crippen LogP contribution in [0.4, 0.5) is 0 Å². The lowest BCUT2D eigenvalue weighted by Gasteiger charge is -2.12. The lowest BCUT2D eigenvalue weighted by Crippen LogP contribution is -2.31. The lowest BCUT2D eigenvalue weighted by molar-refractivity contribution is 0.0947. The molecule has 1 saturated carbocycles. The molecule has 37 heavy (non-hydrogen) atoms. The molecule has 2 aromatic heterocycles. The van der Waals surface area contributed by atoms with Gasteiger partial charge in [0.25, 0.3) is 11.8 Å². The Hall–Kier alpha value is -3.36. The van der Waals surface area contributed by atoms with E-state index in [0.717, 1.165) is 11.1 Å². The van der Waals surface area contributed by atoms with Crippen LogP contribution in [0.25, 0.3) is 6.08 Å². The second-order valence-corrected chi connectivity index (χ2v) is 9.74. The van der Waals surface area contributed by atoms with Crippen molar-refractivity contribution in [2.75, 3.05) is 13.2 Å². The Labute approximate surface area is 226 Å². The summed E-state index contributed by atoms with van der Waals surface area (Å²) in [6.45, 7) is 5.29. The van der Waals surface area contributed by atoms with Gasteiger partial charge < -0.3 is 15.4 Å². The third-order valence-corrected chi connectivity index (χ3v) is 6.72. The van der Waals surface area contributed by atoms with Crippen molar-refractivity contribution in [2.45, 2.75) is 39.3 Å². The number of hydrogen-bond donors (Lipinski definition) is 2. The highest BCUT2D eigenvalue weighted by molar-refractivity contribution is 6.43. The third kappa shape index (κ3) is 7.33. The summed E-state index contributed by atoms with van der Waals surface area (Å²) < 4.78 is 7.56. The van der Waals surface area contributed by atoms with Gasteiger partial charge in [-0.15, -0.1) is 0 Å². The predicted octanol–water partition coefficient (Wildman–Crippen LogP) is 5.00. The van der Waals surface area contributed by atoms with Gasteiger partial charge in [-0.2, -0.15) is 5.10 Å². The molecule has 1 fully saturated rings. The number of aromatic nitrogens is 3. The molecule has 2 N–H and O–H groups in total. The van der Waals surface area contributed by atoms with Gasteiger partial charge in [0.05, 0.1) is 24.4 Å².